The van der Waals surface area contributed by atoms with Gasteiger partial charge in [-0.25, -0.2) is 13.2 Å². The molecule has 1 unspecified atom stereocenters. The summed E-state index contributed by atoms with van der Waals surface area (Å²) in [4.78, 5) is 12.2. The molecule has 0 aromatic heterocycles. The highest BCUT2D eigenvalue weighted by atomic mass is 79.9. The zero-order valence-corrected chi connectivity index (χ0v) is 17.2. The molecule has 0 aliphatic heterocycles. The molecule has 2 aromatic carbocycles. The van der Waals surface area contributed by atoms with E-state index in [-0.39, 0.29) is 17.8 Å². The molecule has 26 heavy (non-hydrogen) atoms. The average molecular weight is 440 g/mol. The first kappa shape index (κ1) is 20.3. The summed E-state index contributed by atoms with van der Waals surface area (Å²) < 4.78 is 26.8. The van der Waals surface area contributed by atoms with Crippen LogP contribution in [-0.4, -0.2) is 20.2 Å². The standard InChI is InChI=1S/C18H22BrN3O3S/c1-4-26(24,25)22-17-10-9-14(11-12(17)2)21-18(23)20-13(3)15-7-5-6-8-16(15)19/h5-11,13,22H,4H2,1-3H3,(H2,20,21,23). The average Bonchev–Trinajstić information content (AvgIpc) is 2.57. The van der Waals surface area contributed by atoms with Crippen molar-refractivity contribution in [1.82, 2.24) is 5.32 Å². The Bertz CT molecular complexity index is 900. The topological polar surface area (TPSA) is 87.3 Å². The Labute approximate surface area is 162 Å². The van der Waals surface area contributed by atoms with Crippen LogP contribution in [0, 0.1) is 6.92 Å². The van der Waals surface area contributed by atoms with Gasteiger partial charge in [-0.2, -0.15) is 0 Å². The van der Waals surface area contributed by atoms with Gasteiger partial charge in [0.25, 0.3) is 0 Å². The molecular weight excluding hydrogens is 418 g/mol. The zero-order valence-electron chi connectivity index (χ0n) is 14.8. The number of carbonyl (C=O) groups excluding carboxylic acids is 1. The van der Waals surface area contributed by atoms with Crippen molar-refractivity contribution < 1.29 is 13.2 Å². The van der Waals surface area contributed by atoms with Gasteiger partial charge >= 0.3 is 6.03 Å². The second-order valence-electron chi connectivity index (χ2n) is 5.88. The molecule has 1 atom stereocenters. The minimum Gasteiger partial charge on any atom is -0.331 e. The van der Waals surface area contributed by atoms with Crippen molar-refractivity contribution in [2.45, 2.75) is 26.8 Å². The van der Waals surface area contributed by atoms with Crippen LogP contribution in [0.2, 0.25) is 0 Å². The van der Waals surface area contributed by atoms with Crippen molar-refractivity contribution in [2.75, 3.05) is 15.8 Å². The number of urea groups is 1. The van der Waals surface area contributed by atoms with Crippen LogP contribution in [0.25, 0.3) is 0 Å². The molecule has 3 N–H and O–H groups in total. The van der Waals surface area contributed by atoms with Gasteiger partial charge in [-0.05, 0) is 56.2 Å². The molecule has 0 saturated carbocycles. The third-order valence-corrected chi connectivity index (χ3v) is 5.86. The number of sulfonamides is 1. The lowest BCUT2D eigenvalue weighted by Gasteiger charge is -2.17. The lowest BCUT2D eigenvalue weighted by molar-refractivity contribution is 0.249. The molecule has 0 saturated heterocycles. The molecule has 140 valence electrons. The van der Waals surface area contributed by atoms with Crippen molar-refractivity contribution in [1.29, 1.82) is 0 Å². The maximum atomic E-state index is 12.2. The minimum atomic E-state index is -3.34. The smallest absolute Gasteiger partial charge is 0.319 e. The van der Waals surface area contributed by atoms with Crippen molar-refractivity contribution in [3.63, 3.8) is 0 Å². The van der Waals surface area contributed by atoms with E-state index in [4.69, 9.17) is 0 Å². The van der Waals surface area contributed by atoms with Crippen LogP contribution in [-0.2, 0) is 10.0 Å². The molecule has 0 fully saturated rings. The van der Waals surface area contributed by atoms with Gasteiger partial charge < -0.3 is 10.6 Å². The number of halogens is 1. The highest BCUT2D eigenvalue weighted by molar-refractivity contribution is 9.10. The Morgan fingerprint density at radius 3 is 2.50 bits per heavy atom. The molecule has 2 rings (SSSR count). The van der Waals surface area contributed by atoms with E-state index in [1.165, 1.54) is 0 Å². The summed E-state index contributed by atoms with van der Waals surface area (Å²) in [6.45, 7) is 5.25. The first-order valence-electron chi connectivity index (χ1n) is 8.15. The van der Waals surface area contributed by atoms with Crippen molar-refractivity contribution in [3.05, 3.63) is 58.1 Å². The Morgan fingerprint density at radius 1 is 1.19 bits per heavy atom. The fourth-order valence-electron chi connectivity index (χ4n) is 2.36. The number of nitrogens with one attached hydrogen (secondary N) is 3. The number of anilines is 2. The van der Waals surface area contributed by atoms with Crippen molar-refractivity contribution in [2.24, 2.45) is 0 Å². The summed E-state index contributed by atoms with van der Waals surface area (Å²) in [6.07, 6.45) is 0. The maximum Gasteiger partial charge on any atom is 0.319 e. The van der Waals surface area contributed by atoms with Gasteiger partial charge in [-0.1, -0.05) is 34.1 Å². The first-order valence-corrected chi connectivity index (χ1v) is 10.6. The van der Waals surface area contributed by atoms with E-state index >= 15 is 0 Å². The van der Waals surface area contributed by atoms with Crippen LogP contribution in [0.5, 0.6) is 0 Å². The number of aryl methyl sites for hydroxylation is 1. The summed E-state index contributed by atoms with van der Waals surface area (Å²) in [7, 11) is -3.34. The van der Waals surface area contributed by atoms with Gasteiger partial charge in [-0.3, -0.25) is 4.72 Å². The quantitative estimate of drug-likeness (QED) is 0.622. The van der Waals surface area contributed by atoms with E-state index in [1.807, 2.05) is 31.2 Å². The monoisotopic (exact) mass is 439 g/mol. The first-order chi connectivity index (χ1) is 12.2. The number of rotatable bonds is 6. The van der Waals surface area contributed by atoms with Crippen LogP contribution < -0.4 is 15.4 Å². The van der Waals surface area contributed by atoms with Crippen LogP contribution in [0.4, 0.5) is 16.2 Å². The third-order valence-electron chi connectivity index (χ3n) is 3.85. The predicted octanol–water partition coefficient (Wildman–Crippen LogP) is 4.40. The molecule has 0 heterocycles. The van der Waals surface area contributed by atoms with Gasteiger partial charge in [0.2, 0.25) is 10.0 Å². The molecule has 6 nitrogen and oxygen atoms in total. The highest BCUT2D eigenvalue weighted by Gasteiger charge is 2.13. The second kappa shape index (κ2) is 8.55. The number of amides is 2. The summed E-state index contributed by atoms with van der Waals surface area (Å²) >= 11 is 3.47. The van der Waals surface area contributed by atoms with E-state index in [0.717, 1.165) is 15.6 Å². The van der Waals surface area contributed by atoms with Crippen molar-refractivity contribution >= 4 is 43.4 Å². The molecule has 0 aliphatic rings. The maximum absolute atomic E-state index is 12.2. The molecule has 2 amide bonds. The number of hydrogen-bond acceptors (Lipinski definition) is 3. The molecular formula is C18H22BrN3O3S. The van der Waals surface area contributed by atoms with Gasteiger partial charge in [0.05, 0.1) is 17.5 Å². The van der Waals surface area contributed by atoms with Gasteiger partial charge in [0.1, 0.15) is 0 Å². The Hall–Kier alpha value is -2.06. The summed E-state index contributed by atoms with van der Waals surface area (Å²) in [5.41, 5.74) is 2.78. The molecule has 2 aromatic rings. The minimum absolute atomic E-state index is 0.00177. The number of benzene rings is 2. The van der Waals surface area contributed by atoms with E-state index in [9.17, 15) is 13.2 Å². The van der Waals surface area contributed by atoms with Crippen LogP contribution in [0.1, 0.15) is 31.0 Å². The molecule has 8 heteroatoms. The zero-order chi connectivity index (χ0) is 19.3. The van der Waals surface area contributed by atoms with E-state index in [1.54, 1.807) is 32.0 Å². The summed E-state index contributed by atoms with van der Waals surface area (Å²) in [5.74, 6) is 0.00177. The Balaban J connectivity index is 2.03. The fourth-order valence-corrected chi connectivity index (χ4v) is 3.70. The van der Waals surface area contributed by atoms with Crippen LogP contribution >= 0.6 is 15.9 Å². The van der Waals surface area contributed by atoms with Crippen LogP contribution in [0.3, 0.4) is 0 Å². The Kier molecular flexibility index (Phi) is 6.66. The number of carbonyl (C=O) groups is 1. The predicted molar refractivity (Wildman–Crippen MR) is 109 cm³/mol. The van der Waals surface area contributed by atoms with E-state index < -0.39 is 10.0 Å². The fraction of sp³-hybridized carbons (Fsp3) is 0.278. The lowest BCUT2D eigenvalue weighted by Crippen LogP contribution is -2.31. The summed E-state index contributed by atoms with van der Waals surface area (Å²) in [6, 6.07) is 12.2. The van der Waals surface area contributed by atoms with Crippen molar-refractivity contribution in [3.8, 4) is 0 Å². The van der Waals surface area contributed by atoms with Gasteiger partial charge in [-0.15, -0.1) is 0 Å². The number of hydrogen-bond donors (Lipinski definition) is 3. The highest BCUT2D eigenvalue weighted by Crippen LogP contribution is 2.23. The second-order valence-corrected chi connectivity index (χ2v) is 8.74. The molecule has 0 aliphatic carbocycles. The largest absolute Gasteiger partial charge is 0.331 e. The molecule has 0 spiro atoms. The van der Waals surface area contributed by atoms with Gasteiger partial charge in [0, 0.05) is 10.2 Å². The SMILES string of the molecule is CCS(=O)(=O)Nc1ccc(NC(=O)NC(C)c2ccccc2Br)cc1C. The summed E-state index contributed by atoms with van der Waals surface area (Å²) in [5, 5.41) is 5.64. The van der Waals surface area contributed by atoms with Crippen LogP contribution in [0.15, 0.2) is 46.9 Å². The van der Waals surface area contributed by atoms with E-state index in [2.05, 4.69) is 31.3 Å². The molecule has 0 radical (unpaired) electrons. The lowest BCUT2D eigenvalue weighted by atomic mass is 10.1. The normalized spacial score (nSPS) is 12.3. The third kappa shape index (κ3) is 5.47. The molecule has 0 bridgehead atoms. The van der Waals surface area contributed by atoms with Gasteiger partial charge in [0.15, 0.2) is 0 Å². The Morgan fingerprint density at radius 2 is 1.88 bits per heavy atom. The van der Waals surface area contributed by atoms with E-state index in [0.29, 0.717) is 11.4 Å².